The SMILES string of the molecule is Cc1ccc(C(=O)NCc2ccc(C(=O)N(C=O)C3CCC(=O)NC3=O)c(C)c2)cc1. The third-order valence-electron chi connectivity index (χ3n) is 5.18. The maximum Gasteiger partial charge on any atom is 0.261 e. The van der Waals surface area contributed by atoms with Gasteiger partial charge in [0.05, 0.1) is 0 Å². The largest absolute Gasteiger partial charge is 0.348 e. The smallest absolute Gasteiger partial charge is 0.261 e. The van der Waals surface area contributed by atoms with Crippen LogP contribution in [0, 0.1) is 13.8 Å². The van der Waals surface area contributed by atoms with E-state index in [-0.39, 0.29) is 30.9 Å². The first kappa shape index (κ1) is 21.9. The molecule has 2 aromatic rings. The number of hydrogen-bond acceptors (Lipinski definition) is 5. The first-order valence-electron chi connectivity index (χ1n) is 9.86. The van der Waals surface area contributed by atoms with Crippen LogP contribution in [0.15, 0.2) is 42.5 Å². The monoisotopic (exact) mass is 421 g/mol. The topological polar surface area (TPSA) is 113 Å². The minimum absolute atomic E-state index is 0.0621. The molecular formula is C23H23N3O5. The normalized spacial score (nSPS) is 15.7. The van der Waals surface area contributed by atoms with Crippen molar-refractivity contribution in [1.82, 2.24) is 15.5 Å². The van der Waals surface area contributed by atoms with Gasteiger partial charge in [0.15, 0.2) is 0 Å². The molecule has 8 heteroatoms. The molecule has 1 atom stereocenters. The number of nitrogens with one attached hydrogen (secondary N) is 2. The number of carbonyl (C=O) groups is 5. The number of rotatable bonds is 6. The summed E-state index contributed by atoms with van der Waals surface area (Å²) in [5.74, 6) is -1.91. The molecule has 1 unspecified atom stereocenters. The van der Waals surface area contributed by atoms with Gasteiger partial charge in [0, 0.05) is 24.1 Å². The van der Waals surface area contributed by atoms with E-state index in [1.54, 1.807) is 37.3 Å². The first-order valence-corrected chi connectivity index (χ1v) is 9.86. The quantitative estimate of drug-likeness (QED) is 0.544. The Morgan fingerprint density at radius 2 is 1.84 bits per heavy atom. The number of imide groups is 2. The van der Waals surface area contributed by atoms with E-state index in [0.29, 0.717) is 17.5 Å². The maximum absolute atomic E-state index is 12.9. The highest BCUT2D eigenvalue weighted by molar-refractivity contribution is 6.07. The number of amides is 5. The van der Waals surface area contributed by atoms with E-state index in [1.165, 1.54) is 0 Å². The molecule has 160 valence electrons. The van der Waals surface area contributed by atoms with Crippen molar-refractivity contribution < 1.29 is 24.0 Å². The molecule has 1 aliphatic rings. The Labute approximate surface area is 179 Å². The van der Waals surface area contributed by atoms with Gasteiger partial charge in [0.2, 0.25) is 18.2 Å². The van der Waals surface area contributed by atoms with Crippen molar-refractivity contribution in [2.24, 2.45) is 0 Å². The van der Waals surface area contributed by atoms with Crippen LogP contribution in [0.4, 0.5) is 0 Å². The van der Waals surface area contributed by atoms with Crippen LogP contribution in [0.2, 0.25) is 0 Å². The molecule has 0 aromatic heterocycles. The van der Waals surface area contributed by atoms with E-state index >= 15 is 0 Å². The molecule has 0 saturated carbocycles. The van der Waals surface area contributed by atoms with Crippen LogP contribution in [0.1, 0.15) is 50.2 Å². The Morgan fingerprint density at radius 1 is 1.13 bits per heavy atom. The lowest BCUT2D eigenvalue weighted by Gasteiger charge is -2.28. The van der Waals surface area contributed by atoms with Crippen LogP contribution in [0.3, 0.4) is 0 Å². The van der Waals surface area contributed by atoms with Gasteiger partial charge < -0.3 is 5.32 Å². The van der Waals surface area contributed by atoms with Gasteiger partial charge in [-0.3, -0.25) is 34.2 Å². The molecule has 3 rings (SSSR count). The lowest BCUT2D eigenvalue weighted by atomic mass is 10.0. The summed E-state index contributed by atoms with van der Waals surface area (Å²) >= 11 is 0. The highest BCUT2D eigenvalue weighted by Gasteiger charge is 2.35. The second-order valence-electron chi connectivity index (χ2n) is 7.48. The average Bonchev–Trinajstić information content (AvgIpc) is 2.74. The Balaban J connectivity index is 1.69. The van der Waals surface area contributed by atoms with E-state index in [0.717, 1.165) is 16.0 Å². The molecule has 0 aliphatic carbocycles. The minimum atomic E-state index is -1.02. The maximum atomic E-state index is 12.9. The molecule has 2 aromatic carbocycles. The number of carbonyl (C=O) groups excluding carboxylic acids is 5. The van der Waals surface area contributed by atoms with Gasteiger partial charge >= 0.3 is 0 Å². The number of aryl methyl sites for hydroxylation is 2. The van der Waals surface area contributed by atoms with Crippen molar-refractivity contribution in [3.05, 3.63) is 70.3 Å². The molecule has 8 nitrogen and oxygen atoms in total. The van der Waals surface area contributed by atoms with Crippen LogP contribution < -0.4 is 10.6 Å². The van der Waals surface area contributed by atoms with E-state index in [2.05, 4.69) is 10.6 Å². The van der Waals surface area contributed by atoms with Gasteiger partial charge in [-0.05, 0) is 49.6 Å². The number of hydrogen-bond donors (Lipinski definition) is 2. The molecule has 0 bridgehead atoms. The zero-order chi connectivity index (χ0) is 22.5. The summed E-state index contributed by atoms with van der Waals surface area (Å²) in [4.78, 5) is 60.9. The molecule has 2 N–H and O–H groups in total. The first-order chi connectivity index (χ1) is 14.8. The second kappa shape index (κ2) is 9.34. The van der Waals surface area contributed by atoms with Crippen molar-refractivity contribution in [2.45, 2.75) is 39.3 Å². The molecule has 1 fully saturated rings. The average molecular weight is 421 g/mol. The van der Waals surface area contributed by atoms with Crippen molar-refractivity contribution in [3.63, 3.8) is 0 Å². The summed E-state index contributed by atoms with van der Waals surface area (Å²) in [6, 6.07) is 11.2. The van der Waals surface area contributed by atoms with Gasteiger partial charge in [0.1, 0.15) is 6.04 Å². The fraction of sp³-hybridized carbons (Fsp3) is 0.261. The van der Waals surface area contributed by atoms with Crippen LogP contribution in [0.25, 0.3) is 0 Å². The van der Waals surface area contributed by atoms with Gasteiger partial charge in [-0.1, -0.05) is 29.8 Å². The Morgan fingerprint density at radius 3 is 2.45 bits per heavy atom. The van der Waals surface area contributed by atoms with Gasteiger partial charge in [-0.2, -0.15) is 0 Å². The lowest BCUT2D eigenvalue weighted by Crippen LogP contribution is -2.53. The van der Waals surface area contributed by atoms with Crippen LogP contribution in [-0.2, 0) is 20.9 Å². The van der Waals surface area contributed by atoms with Gasteiger partial charge in [0.25, 0.3) is 11.8 Å². The van der Waals surface area contributed by atoms with Crippen LogP contribution in [-0.4, -0.2) is 41.0 Å². The molecule has 1 saturated heterocycles. The molecule has 1 heterocycles. The van der Waals surface area contributed by atoms with E-state index in [4.69, 9.17) is 0 Å². The third kappa shape index (κ3) is 5.03. The Bertz CT molecular complexity index is 1050. The highest BCUT2D eigenvalue weighted by atomic mass is 16.2. The lowest BCUT2D eigenvalue weighted by molar-refractivity contribution is -0.139. The molecule has 31 heavy (non-hydrogen) atoms. The molecule has 1 aliphatic heterocycles. The molecule has 5 amide bonds. The molecular weight excluding hydrogens is 398 g/mol. The standard InChI is InChI=1S/C23H23N3O5/c1-14-3-6-17(7-4-14)21(29)24-12-16-5-8-18(15(2)11-16)23(31)26(13-27)19-9-10-20(28)25-22(19)30/h3-8,11,13,19H,9-10,12H2,1-2H3,(H,24,29)(H,25,28,30). The number of benzene rings is 2. The van der Waals surface area contributed by atoms with Gasteiger partial charge in [-0.15, -0.1) is 0 Å². The van der Waals surface area contributed by atoms with Crippen LogP contribution >= 0.6 is 0 Å². The number of piperidine rings is 1. The fourth-order valence-corrected chi connectivity index (χ4v) is 3.41. The summed E-state index contributed by atoms with van der Waals surface area (Å²) in [5, 5.41) is 4.98. The van der Waals surface area contributed by atoms with E-state index in [1.807, 2.05) is 19.1 Å². The summed E-state index contributed by atoms with van der Waals surface area (Å²) in [7, 11) is 0. The van der Waals surface area contributed by atoms with Crippen LogP contribution in [0.5, 0.6) is 0 Å². The molecule has 0 spiro atoms. The third-order valence-corrected chi connectivity index (χ3v) is 5.18. The summed E-state index contributed by atoms with van der Waals surface area (Å²) in [5.41, 5.74) is 3.28. The summed E-state index contributed by atoms with van der Waals surface area (Å²) < 4.78 is 0. The minimum Gasteiger partial charge on any atom is -0.348 e. The molecule has 0 radical (unpaired) electrons. The van der Waals surface area contributed by atoms with E-state index in [9.17, 15) is 24.0 Å². The van der Waals surface area contributed by atoms with Gasteiger partial charge in [-0.25, -0.2) is 0 Å². The predicted molar refractivity (Wildman–Crippen MR) is 112 cm³/mol. The number of nitrogens with zero attached hydrogens (tertiary/aromatic N) is 1. The summed E-state index contributed by atoms with van der Waals surface area (Å²) in [6.45, 7) is 3.93. The van der Waals surface area contributed by atoms with Crippen molar-refractivity contribution in [2.75, 3.05) is 0 Å². The zero-order valence-electron chi connectivity index (χ0n) is 17.3. The zero-order valence-corrected chi connectivity index (χ0v) is 17.3. The van der Waals surface area contributed by atoms with Crippen molar-refractivity contribution in [3.8, 4) is 0 Å². The summed E-state index contributed by atoms with van der Waals surface area (Å²) in [6.07, 6.45) is 0.474. The van der Waals surface area contributed by atoms with Crippen molar-refractivity contribution >= 4 is 30.0 Å². The fourth-order valence-electron chi connectivity index (χ4n) is 3.41. The van der Waals surface area contributed by atoms with Crippen molar-refractivity contribution in [1.29, 1.82) is 0 Å². The second-order valence-corrected chi connectivity index (χ2v) is 7.48. The Kier molecular flexibility index (Phi) is 6.59. The van der Waals surface area contributed by atoms with E-state index < -0.39 is 23.8 Å². The highest BCUT2D eigenvalue weighted by Crippen LogP contribution is 2.18. The Hall–Kier alpha value is -3.81. The predicted octanol–water partition coefficient (Wildman–Crippen LogP) is 1.64.